The van der Waals surface area contributed by atoms with Gasteiger partial charge in [0, 0.05) is 0 Å². The summed E-state index contributed by atoms with van der Waals surface area (Å²) in [7, 11) is 1.32. The number of carbonyl (C=O) groups is 1. The van der Waals surface area contributed by atoms with Gasteiger partial charge >= 0.3 is 5.97 Å². The van der Waals surface area contributed by atoms with E-state index in [4.69, 9.17) is 4.55 Å². The second kappa shape index (κ2) is 5.63. The Morgan fingerprint density at radius 3 is 2.47 bits per heavy atom. The molecule has 1 aromatic rings. The molecule has 0 heterocycles. The fourth-order valence-electron chi connectivity index (χ4n) is 1.13. The Balaban J connectivity index is 2.64. The van der Waals surface area contributed by atoms with E-state index in [2.05, 4.69) is 4.74 Å². The third-order valence-electron chi connectivity index (χ3n) is 1.94. The predicted molar refractivity (Wildman–Crippen MR) is 57.1 cm³/mol. The standard InChI is InChI=1S/C10H12O4S/c1-14-10(11)9-4-2-8(3-5-9)6-7-15(12)13/h2-5H,6-7H2,1H3,(H,12,13). The molecular formula is C10H12O4S. The smallest absolute Gasteiger partial charge is 0.337 e. The zero-order chi connectivity index (χ0) is 11.3. The third-order valence-corrected chi connectivity index (χ3v) is 2.49. The van der Waals surface area contributed by atoms with E-state index in [-0.39, 0.29) is 11.7 Å². The molecule has 0 aliphatic rings. The number of aryl methyl sites for hydroxylation is 1. The molecule has 1 unspecified atom stereocenters. The van der Waals surface area contributed by atoms with Crippen molar-refractivity contribution in [2.24, 2.45) is 0 Å². The molecule has 1 atom stereocenters. The Hall–Kier alpha value is -1.20. The summed E-state index contributed by atoms with van der Waals surface area (Å²) in [5.74, 6) is -0.176. The van der Waals surface area contributed by atoms with Gasteiger partial charge in [-0.25, -0.2) is 9.00 Å². The molecule has 0 spiro atoms. The molecule has 0 radical (unpaired) electrons. The first-order valence-electron chi connectivity index (χ1n) is 4.38. The molecule has 0 amide bonds. The summed E-state index contributed by atoms with van der Waals surface area (Å²) in [4.78, 5) is 11.1. The second-order valence-corrected chi connectivity index (χ2v) is 4.02. The fraction of sp³-hybridized carbons (Fsp3) is 0.300. The van der Waals surface area contributed by atoms with Crippen molar-refractivity contribution in [2.75, 3.05) is 12.9 Å². The van der Waals surface area contributed by atoms with Gasteiger partial charge in [-0.05, 0) is 24.1 Å². The molecule has 0 saturated carbocycles. The molecule has 1 rings (SSSR count). The lowest BCUT2D eigenvalue weighted by Gasteiger charge is -2.01. The van der Waals surface area contributed by atoms with E-state index in [1.54, 1.807) is 24.3 Å². The average molecular weight is 228 g/mol. The summed E-state index contributed by atoms with van der Waals surface area (Å²) < 4.78 is 23.6. The Morgan fingerprint density at radius 1 is 1.40 bits per heavy atom. The van der Waals surface area contributed by atoms with Crippen LogP contribution in [0.25, 0.3) is 0 Å². The Kier molecular flexibility index (Phi) is 4.45. The fourth-order valence-corrected chi connectivity index (χ4v) is 1.54. The van der Waals surface area contributed by atoms with Crippen LogP contribution in [0.2, 0.25) is 0 Å². The van der Waals surface area contributed by atoms with Crippen LogP contribution < -0.4 is 0 Å². The lowest BCUT2D eigenvalue weighted by molar-refractivity contribution is 0.0600. The SMILES string of the molecule is COC(=O)c1ccc(CCS(=O)O)cc1. The summed E-state index contributed by atoms with van der Waals surface area (Å²) in [6, 6.07) is 6.78. The maximum Gasteiger partial charge on any atom is 0.337 e. The number of rotatable bonds is 4. The molecule has 0 fully saturated rings. The average Bonchev–Trinajstić information content (AvgIpc) is 2.26. The Morgan fingerprint density at radius 2 is 2.00 bits per heavy atom. The van der Waals surface area contributed by atoms with Crippen molar-refractivity contribution in [2.45, 2.75) is 6.42 Å². The van der Waals surface area contributed by atoms with Gasteiger partial charge in [0.15, 0.2) is 11.1 Å². The summed E-state index contributed by atoms with van der Waals surface area (Å²) in [5.41, 5.74) is 1.40. The highest BCUT2D eigenvalue weighted by molar-refractivity contribution is 7.79. The Labute approximate surface area is 90.5 Å². The van der Waals surface area contributed by atoms with Crippen LogP contribution in [0.3, 0.4) is 0 Å². The van der Waals surface area contributed by atoms with E-state index in [1.165, 1.54) is 7.11 Å². The maximum absolute atomic E-state index is 11.1. The molecule has 0 bridgehead atoms. The molecular weight excluding hydrogens is 216 g/mol. The number of carbonyl (C=O) groups excluding carboxylic acids is 1. The van der Waals surface area contributed by atoms with Gasteiger partial charge < -0.3 is 9.29 Å². The van der Waals surface area contributed by atoms with Crippen LogP contribution in [0.5, 0.6) is 0 Å². The predicted octanol–water partition coefficient (Wildman–Crippen LogP) is 1.24. The molecule has 0 saturated heterocycles. The van der Waals surface area contributed by atoms with Crippen LogP contribution in [0.1, 0.15) is 15.9 Å². The number of benzene rings is 1. The van der Waals surface area contributed by atoms with Gasteiger partial charge in [0.1, 0.15) is 0 Å². The van der Waals surface area contributed by atoms with Crippen LogP contribution >= 0.6 is 0 Å². The normalized spacial score (nSPS) is 12.1. The zero-order valence-electron chi connectivity index (χ0n) is 8.30. The van der Waals surface area contributed by atoms with Crippen LogP contribution in [-0.4, -0.2) is 27.6 Å². The van der Waals surface area contributed by atoms with Gasteiger partial charge in [0.05, 0.1) is 18.4 Å². The highest BCUT2D eigenvalue weighted by Crippen LogP contribution is 2.06. The summed E-state index contributed by atoms with van der Waals surface area (Å²) in [5, 5.41) is 0. The van der Waals surface area contributed by atoms with Gasteiger partial charge in [-0.2, -0.15) is 0 Å². The number of methoxy groups -OCH3 is 1. The minimum Gasteiger partial charge on any atom is -0.465 e. The summed E-state index contributed by atoms with van der Waals surface area (Å²) in [6.45, 7) is 0. The zero-order valence-corrected chi connectivity index (χ0v) is 9.12. The van der Waals surface area contributed by atoms with E-state index in [0.29, 0.717) is 12.0 Å². The first-order chi connectivity index (χ1) is 7.13. The molecule has 1 aromatic carbocycles. The van der Waals surface area contributed by atoms with E-state index in [1.807, 2.05) is 0 Å². The number of ether oxygens (including phenoxy) is 1. The van der Waals surface area contributed by atoms with Gasteiger partial charge in [0.25, 0.3) is 0 Å². The number of hydrogen-bond acceptors (Lipinski definition) is 3. The molecule has 1 N–H and O–H groups in total. The van der Waals surface area contributed by atoms with Crippen molar-refractivity contribution < 1.29 is 18.3 Å². The third kappa shape index (κ3) is 3.81. The highest BCUT2D eigenvalue weighted by atomic mass is 32.2. The topological polar surface area (TPSA) is 63.6 Å². The number of hydrogen-bond donors (Lipinski definition) is 1. The molecule has 82 valence electrons. The summed E-state index contributed by atoms with van der Waals surface area (Å²) in [6.07, 6.45) is 0.518. The lowest BCUT2D eigenvalue weighted by Crippen LogP contribution is -2.02. The van der Waals surface area contributed by atoms with Crippen molar-refractivity contribution in [3.05, 3.63) is 35.4 Å². The maximum atomic E-state index is 11.1. The molecule has 0 aromatic heterocycles. The van der Waals surface area contributed by atoms with E-state index < -0.39 is 11.1 Å². The largest absolute Gasteiger partial charge is 0.465 e. The van der Waals surface area contributed by atoms with E-state index in [0.717, 1.165) is 5.56 Å². The highest BCUT2D eigenvalue weighted by Gasteiger charge is 2.04. The van der Waals surface area contributed by atoms with Crippen molar-refractivity contribution in [3.8, 4) is 0 Å². The van der Waals surface area contributed by atoms with Gasteiger partial charge in [-0.1, -0.05) is 12.1 Å². The second-order valence-electron chi connectivity index (χ2n) is 2.96. The van der Waals surface area contributed by atoms with Crippen LogP contribution in [-0.2, 0) is 22.2 Å². The number of esters is 1. The Bertz CT molecular complexity index is 358. The lowest BCUT2D eigenvalue weighted by atomic mass is 10.1. The minimum atomic E-state index is -1.77. The van der Waals surface area contributed by atoms with Gasteiger partial charge in [0.2, 0.25) is 0 Å². The van der Waals surface area contributed by atoms with Crippen molar-refractivity contribution in [3.63, 3.8) is 0 Å². The first kappa shape index (κ1) is 11.9. The van der Waals surface area contributed by atoms with Gasteiger partial charge in [-0.15, -0.1) is 0 Å². The first-order valence-corrected chi connectivity index (χ1v) is 5.66. The van der Waals surface area contributed by atoms with Gasteiger partial charge in [-0.3, -0.25) is 0 Å². The quantitative estimate of drug-likeness (QED) is 0.622. The van der Waals surface area contributed by atoms with Crippen molar-refractivity contribution in [1.29, 1.82) is 0 Å². The van der Waals surface area contributed by atoms with E-state index in [9.17, 15) is 9.00 Å². The molecule has 0 aliphatic heterocycles. The van der Waals surface area contributed by atoms with Crippen LogP contribution in [0, 0.1) is 0 Å². The van der Waals surface area contributed by atoms with Crippen LogP contribution in [0.15, 0.2) is 24.3 Å². The molecule has 0 aliphatic carbocycles. The minimum absolute atomic E-state index is 0.206. The summed E-state index contributed by atoms with van der Waals surface area (Å²) >= 11 is -1.77. The van der Waals surface area contributed by atoms with E-state index >= 15 is 0 Å². The van der Waals surface area contributed by atoms with Crippen molar-refractivity contribution in [1.82, 2.24) is 0 Å². The molecule has 4 nitrogen and oxygen atoms in total. The monoisotopic (exact) mass is 228 g/mol. The molecule has 15 heavy (non-hydrogen) atoms. The van der Waals surface area contributed by atoms with Crippen LogP contribution in [0.4, 0.5) is 0 Å². The van der Waals surface area contributed by atoms with Crippen molar-refractivity contribution >= 4 is 17.0 Å². The molecule has 5 heteroatoms.